The van der Waals surface area contributed by atoms with Gasteiger partial charge in [0, 0.05) is 41.5 Å². The number of likely N-dealkylation sites (tertiary alicyclic amines) is 1. The molecular formula is C32H47N5O2S. The summed E-state index contributed by atoms with van der Waals surface area (Å²) in [6.07, 6.45) is 4.95. The van der Waals surface area contributed by atoms with Crippen molar-refractivity contribution in [2.75, 3.05) is 52.5 Å². The minimum Gasteiger partial charge on any atom is -0.493 e. The Hall–Kier alpha value is -2.55. The zero-order valence-corrected chi connectivity index (χ0v) is 26.2. The molecule has 1 aliphatic rings. The molecule has 1 fully saturated rings. The van der Waals surface area contributed by atoms with Crippen molar-refractivity contribution in [1.29, 1.82) is 0 Å². The third-order valence-corrected chi connectivity index (χ3v) is 9.22. The first-order valence-electron chi connectivity index (χ1n) is 14.6. The molecule has 4 rings (SSSR count). The minimum atomic E-state index is 0.270. The number of nitrogens with one attached hydrogen (secondary N) is 1. The highest BCUT2D eigenvalue weighted by atomic mass is 32.2. The van der Waals surface area contributed by atoms with E-state index in [2.05, 4.69) is 72.3 Å². The van der Waals surface area contributed by atoms with Gasteiger partial charge in [0.25, 0.3) is 0 Å². The van der Waals surface area contributed by atoms with Gasteiger partial charge in [-0.05, 0) is 89.5 Å². The average molecular weight is 566 g/mol. The van der Waals surface area contributed by atoms with E-state index in [-0.39, 0.29) is 6.04 Å². The summed E-state index contributed by atoms with van der Waals surface area (Å²) >= 11 is 2.01. The normalized spacial score (nSPS) is 17.4. The first-order chi connectivity index (χ1) is 19.3. The fourth-order valence-corrected chi connectivity index (χ4v) is 6.63. The average Bonchev–Trinajstić information content (AvgIpc) is 3.36. The van der Waals surface area contributed by atoms with Crippen LogP contribution in [0.5, 0.6) is 11.5 Å². The van der Waals surface area contributed by atoms with Crippen LogP contribution in [0.3, 0.4) is 0 Å². The zero-order chi connectivity index (χ0) is 28.6. The van der Waals surface area contributed by atoms with Crippen molar-refractivity contribution in [3.05, 3.63) is 47.8 Å². The number of ether oxygens (including phenoxy) is 2. The predicted octanol–water partition coefficient (Wildman–Crippen LogP) is 6.49. The monoisotopic (exact) mass is 565 g/mol. The van der Waals surface area contributed by atoms with Crippen LogP contribution in [0, 0.1) is 12.8 Å². The van der Waals surface area contributed by atoms with Crippen LogP contribution in [0.25, 0.3) is 10.9 Å². The Morgan fingerprint density at radius 1 is 1.10 bits per heavy atom. The largest absolute Gasteiger partial charge is 0.493 e. The summed E-state index contributed by atoms with van der Waals surface area (Å²) in [5.41, 5.74) is 2.32. The SMILES string of the molecule is COc1cc2nc(C)nc(NC(C)C(C)CCCSc3ccccc3CN3CCCC3CN(C)C)c2cc1OC. The van der Waals surface area contributed by atoms with Gasteiger partial charge in [0.1, 0.15) is 11.6 Å². The van der Waals surface area contributed by atoms with Gasteiger partial charge in [0.2, 0.25) is 0 Å². The second kappa shape index (κ2) is 14.4. The van der Waals surface area contributed by atoms with Gasteiger partial charge in [-0.15, -0.1) is 11.8 Å². The molecule has 0 bridgehead atoms. The molecule has 3 unspecified atom stereocenters. The number of aromatic nitrogens is 2. The smallest absolute Gasteiger partial charge is 0.162 e. The molecule has 3 aromatic rings. The Morgan fingerprint density at radius 2 is 1.85 bits per heavy atom. The lowest BCUT2D eigenvalue weighted by Gasteiger charge is -2.27. The first kappa shape index (κ1) is 30.4. The lowest BCUT2D eigenvalue weighted by atomic mass is 9.98. The lowest BCUT2D eigenvalue weighted by Crippen LogP contribution is -2.37. The van der Waals surface area contributed by atoms with Gasteiger partial charge >= 0.3 is 0 Å². The maximum atomic E-state index is 5.53. The fraction of sp³-hybridized carbons (Fsp3) is 0.562. The highest BCUT2D eigenvalue weighted by molar-refractivity contribution is 7.99. The molecular weight excluding hydrogens is 518 g/mol. The maximum absolute atomic E-state index is 5.53. The number of methoxy groups -OCH3 is 2. The Balaban J connectivity index is 1.32. The number of hydrogen-bond acceptors (Lipinski definition) is 8. The number of hydrogen-bond donors (Lipinski definition) is 1. The Kier molecular flexibility index (Phi) is 10.9. The van der Waals surface area contributed by atoms with Crippen LogP contribution < -0.4 is 14.8 Å². The topological polar surface area (TPSA) is 62.8 Å². The van der Waals surface area contributed by atoms with Crippen molar-refractivity contribution >= 4 is 28.5 Å². The van der Waals surface area contributed by atoms with Crippen molar-refractivity contribution < 1.29 is 9.47 Å². The van der Waals surface area contributed by atoms with E-state index >= 15 is 0 Å². The molecule has 1 aliphatic heterocycles. The molecule has 1 saturated heterocycles. The highest BCUT2D eigenvalue weighted by Gasteiger charge is 2.25. The Labute approximate surface area is 245 Å². The summed E-state index contributed by atoms with van der Waals surface area (Å²) < 4.78 is 11.0. The Morgan fingerprint density at radius 3 is 2.60 bits per heavy atom. The van der Waals surface area contributed by atoms with Gasteiger partial charge in [0.05, 0.1) is 19.7 Å². The summed E-state index contributed by atoms with van der Waals surface area (Å²) in [5, 5.41) is 4.62. The molecule has 40 heavy (non-hydrogen) atoms. The highest BCUT2D eigenvalue weighted by Crippen LogP contribution is 2.35. The van der Waals surface area contributed by atoms with E-state index in [1.165, 1.54) is 36.3 Å². The molecule has 1 N–H and O–H groups in total. The van der Waals surface area contributed by atoms with Crippen molar-refractivity contribution in [2.45, 2.75) is 70.0 Å². The van der Waals surface area contributed by atoms with Gasteiger partial charge in [-0.3, -0.25) is 4.90 Å². The molecule has 218 valence electrons. The molecule has 0 amide bonds. The number of fused-ring (bicyclic) bond motifs is 1. The van der Waals surface area contributed by atoms with E-state index in [0.717, 1.165) is 47.8 Å². The van der Waals surface area contributed by atoms with E-state index in [4.69, 9.17) is 14.5 Å². The molecule has 1 aromatic heterocycles. The Bertz CT molecular complexity index is 1250. The van der Waals surface area contributed by atoms with Gasteiger partial charge in [0.15, 0.2) is 11.5 Å². The molecule has 0 saturated carbocycles. The molecule has 2 heterocycles. The van der Waals surface area contributed by atoms with E-state index in [9.17, 15) is 0 Å². The lowest BCUT2D eigenvalue weighted by molar-refractivity contribution is 0.200. The molecule has 3 atom stereocenters. The molecule has 8 heteroatoms. The molecule has 0 aliphatic carbocycles. The minimum absolute atomic E-state index is 0.270. The van der Waals surface area contributed by atoms with Crippen LogP contribution in [0.2, 0.25) is 0 Å². The number of benzene rings is 2. The number of anilines is 1. The summed E-state index contributed by atoms with van der Waals surface area (Å²) in [6.45, 7) is 9.91. The van der Waals surface area contributed by atoms with Crippen molar-refractivity contribution in [3.8, 4) is 11.5 Å². The van der Waals surface area contributed by atoms with Crippen LogP contribution in [0.1, 0.15) is 50.9 Å². The number of rotatable bonds is 14. The third-order valence-electron chi connectivity index (χ3n) is 8.01. The van der Waals surface area contributed by atoms with Crippen LogP contribution >= 0.6 is 11.8 Å². The van der Waals surface area contributed by atoms with E-state index in [1.807, 2.05) is 30.8 Å². The second-order valence-electron chi connectivity index (χ2n) is 11.4. The van der Waals surface area contributed by atoms with Crippen molar-refractivity contribution in [3.63, 3.8) is 0 Å². The van der Waals surface area contributed by atoms with Crippen molar-refractivity contribution in [2.24, 2.45) is 5.92 Å². The van der Waals surface area contributed by atoms with Crippen LogP contribution in [-0.2, 0) is 6.54 Å². The molecule has 0 radical (unpaired) electrons. The number of aryl methyl sites for hydroxylation is 1. The van der Waals surface area contributed by atoms with E-state index in [0.29, 0.717) is 23.5 Å². The summed E-state index contributed by atoms with van der Waals surface area (Å²) in [7, 11) is 7.67. The maximum Gasteiger partial charge on any atom is 0.162 e. The molecule has 2 aromatic carbocycles. The molecule has 0 spiro atoms. The van der Waals surface area contributed by atoms with E-state index in [1.54, 1.807) is 14.2 Å². The summed E-state index contributed by atoms with van der Waals surface area (Å²) in [6, 6.07) is 13.8. The number of likely N-dealkylation sites (N-methyl/N-ethyl adjacent to an activating group) is 1. The fourth-order valence-electron chi connectivity index (χ4n) is 5.60. The third kappa shape index (κ3) is 7.80. The standard InChI is InChI=1S/C32H47N5O2S/c1-22(23(2)33-32-27-18-29(38-6)30(39-7)19-28(27)34-24(3)35-32)12-11-17-40-31-15-9-8-13-25(31)20-37-16-10-14-26(37)21-36(4)5/h8-9,13,15,18-19,22-23,26H,10-12,14,16-17,20-21H2,1-7H3,(H,33,34,35). The summed E-state index contributed by atoms with van der Waals surface area (Å²) in [4.78, 5) is 15.8. The van der Waals surface area contributed by atoms with Crippen molar-refractivity contribution in [1.82, 2.24) is 19.8 Å². The number of nitrogens with zero attached hydrogens (tertiary/aromatic N) is 4. The van der Waals surface area contributed by atoms with Crippen LogP contribution in [0.4, 0.5) is 5.82 Å². The number of thioether (sulfide) groups is 1. The second-order valence-corrected chi connectivity index (χ2v) is 12.5. The summed E-state index contributed by atoms with van der Waals surface area (Å²) in [5.74, 6) is 4.56. The zero-order valence-electron chi connectivity index (χ0n) is 25.4. The molecule has 7 nitrogen and oxygen atoms in total. The van der Waals surface area contributed by atoms with E-state index < -0.39 is 0 Å². The quantitative estimate of drug-likeness (QED) is 0.176. The van der Waals surface area contributed by atoms with Gasteiger partial charge < -0.3 is 19.7 Å². The van der Waals surface area contributed by atoms with Gasteiger partial charge in [-0.2, -0.15) is 0 Å². The van der Waals surface area contributed by atoms with Gasteiger partial charge in [-0.1, -0.05) is 25.1 Å². The van der Waals surface area contributed by atoms with Crippen LogP contribution in [0.15, 0.2) is 41.3 Å². The van der Waals surface area contributed by atoms with Gasteiger partial charge in [-0.25, -0.2) is 9.97 Å². The first-order valence-corrected chi connectivity index (χ1v) is 15.5. The predicted molar refractivity (Wildman–Crippen MR) is 168 cm³/mol. The van der Waals surface area contributed by atoms with Crippen LogP contribution in [-0.4, -0.2) is 79.0 Å².